The van der Waals surface area contributed by atoms with Crippen LogP contribution in [0.25, 0.3) is 5.76 Å². The maximum atomic E-state index is 13.2. The predicted octanol–water partition coefficient (Wildman–Crippen LogP) is 9.36. The molecule has 0 radical (unpaired) electrons. The molecule has 1 aliphatic rings. The summed E-state index contributed by atoms with van der Waals surface area (Å²) in [4.78, 5) is 28.0. The Balaban J connectivity index is 1.54. The number of rotatable bonds is 18. The van der Waals surface area contributed by atoms with E-state index in [1.165, 1.54) is 70.6 Å². The topological polar surface area (TPSA) is 66.8 Å². The van der Waals surface area contributed by atoms with Crippen LogP contribution in [0.5, 0.6) is 5.75 Å². The number of nitrogens with zero attached hydrogens (tertiary/aromatic N) is 1. The van der Waals surface area contributed by atoms with Crippen LogP contribution in [0.3, 0.4) is 0 Å². The van der Waals surface area contributed by atoms with Gasteiger partial charge < -0.3 is 14.7 Å². The number of hydrogen-bond acceptors (Lipinski definition) is 4. The number of methoxy groups -OCH3 is 1. The lowest BCUT2D eigenvalue weighted by Gasteiger charge is -2.25. The number of carbonyl (C=O) groups excluding carboxylic acids is 2. The van der Waals surface area contributed by atoms with Crippen molar-refractivity contribution in [2.24, 2.45) is 0 Å². The van der Waals surface area contributed by atoms with E-state index in [0.717, 1.165) is 29.3 Å². The van der Waals surface area contributed by atoms with E-state index in [2.05, 4.69) is 22.9 Å². The number of ketones is 1. The Labute approximate surface area is 249 Å². The van der Waals surface area contributed by atoms with E-state index in [-0.39, 0.29) is 11.3 Å². The summed E-state index contributed by atoms with van der Waals surface area (Å²) in [6.07, 6.45) is 17.7. The molecule has 1 atom stereocenters. The third-order valence-electron chi connectivity index (χ3n) is 7.84. The van der Waals surface area contributed by atoms with Crippen molar-refractivity contribution < 1.29 is 19.4 Å². The minimum Gasteiger partial charge on any atom is -0.507 e. The van der Waals surface area contributed by atoms with E-state index >= 15 is 0 Å². The van der Waals surface area contributed by atoms with Gasteiger partial charge in [-0.05, 0) is 48.4 Å². The number of halogens is 1. The van der Waals surface area contributed by atoms with Crippen molar-refractivity contribution in [1.29, 1.82) is 0 Å². The molecule has 6 heteroatoms. The number of hydrogen-bond donors (Lipinski definition) is 1. The monoisotopic (exact) mass is 611 g/mol. The van der Waals surface area contributed by atoms with E-state index in [9.17, 15) is 14.7 Å². The largest absolute Gasteiger partial charge is 0.507 e. The molecule has 5 nitrogen and oxygen atoms in total. The Bertz CT molecular complexity index is 1090. The number of likely N-dealkylation sites (tertiary alicyclic amines) is 1. The van der Waals surface area contributed by atoms with Gasteiger partial charge in [-0.3, -0.25) is 9.59 Å². The zero-order chi connectivity index (χ0) is 28.7. The summed E-state index contributed by atoms with van der Waals surface area (Å²) in [5, 5.41) is 11.2. The van der Waals surface area contributed by atoms with Crippen LogP contribution in [0, 0.1) is 0 Å². The van der Waals surface area contributed by atoms with Crippen LogP contribution in [0.4, 0.5) is 0 Å². The van der Waals surface area contributed by atoms with E-state index in [1.54, 1.807) is 36.3 Å². The first kappa shape index (κ1) is 31.9. The van der Waals surface area contributed by atoms with Crippen LogP contribution in [0.15, 0.2) is 58.6 Å². The SMILES string of the molecule is CCCCCCCCCCCCCCCCN1C(=O)C(=O)/C(=C(/O)c2ccc(OC)cc2)C1c1ccc(Br)cc1. The first-order valence-electron chi connectivity index (χ1n) is 15.2. The van der Waals surface area contributed by atoms with Crippen molar-refractivity contribution >= 4 is 33.4 Å². The average molecular weight is 613 g/mol. The summed E-state index contributed by atoms with van der Waals surface area (Å²) in [7, 11) is 1.57. The van der Waals surface area contributed by atoms with Gasteiger partial charge in [-0.25, -0.2) is 0 Å². The van der Waals surface area contributed by atoms with Crippen molar-refractivity contribution in [3.63, 3.8) is 0 Å². The molecule has 2 aromatic carbocycles. The third kappa shape index (κ3) is 9.22. The number of amides is 1. The van der Waals surface area contributed by atoms with Crippen molar-refractivity contribution in [3.8, 4) is 5.75 Å². The summed E-state index contributed by atoms with van der Waals surface area (Å²) in [5.74, 6) is -0.680. The molecule has 1 heterocycles. The van der Waals surface area contributed by atoms with E-state index < -0.39 is 17.7 Å². The van der Waals surface area contributed by atoms with Crippen LogP contribution in [-0.4, -0.2) is 35.4 Å². The fourth-order valence-corrected chi connectivity index (χ4v) is 5.75. The number of aliphatic hydroxyl groups is 1. The highest BCUT2D eigenvalue weighted by Crippen LogP contribution is 2.40. The van der Waals surface area contributed by atoms with Crippen molar-refractivity contribution in [2.75, 3.05) is 13.7 Å². The maximum absolute atomic E-state index is 13.2. The second-order valence-electron chi connectivity index (χ2n) is 10.9. The Kier molecular flexibility index (Phi) is 13.8. The van der Waals surface area contributed by atoms with Gasteiger partial charge in [-0.1, -0.05) is 118 Å². The first-order chi connectivity index (χ1) is 19.5. The van der Waals surface area contributed by atoms with Gasteiger partial charge in [0.05, 0.1) is 18.7 Å². The fourth-order valence-electron chi connectivity index (χ4n) is 5.48. The lowest BCUT2D eigenvalue weighted by molar-refractivity contribution is -0.139. The van der Waals surface area contributed by atoms with Gasteiger partial charge in [0.1, 0.15) is 11.5 Å². The quantitative estimate of drug-likeness (QED) is 0.0789. The van der Waals surface area contributed by atoms with Crippen molar-refractivity contribution in [1.82, 2.24) is 4.90 Å². The maximum Gasteiger partial charge on any atom is 0.295 e. The molecule has 0 aromatic heterocycles. The number of Topliss-reactive ketones (excluding diaryl/α,β-unsaturated/α-hetero) is 1. The van der Waals surface area contributed by atoms with Gasteiger partial charge in [0.25, 0.3) is 11.7 Å². The molecule has 0 saturated carbocycles. The Hall–Kier alpha value is -2.60. The molecular weight excluding hydrogens is 566 g/mol. The summed E-state index contributed by atoms with van der Waals surface area (Å²) >= 11 is 3.47. The molecule has 1 unspecified atom stereocenters. The molecular formula is C34H46BrNO4. The Morgan fingerprint density at radius 1 is 0.775 bits per heavy atom. The highest BCUT2D eigenvalue weighted by atomic mass is 79.9. The van der Waals surface area contributed by atoms with Crippen molar-refractivity contribution in [3.05, 3.63) is 69.7 Å². The summed E-state index contributed by atoms with van der Waals surface area (Å²) in [6, 6.07) is 13.9. The number of carbonyl (C=O) groups is 2. The highest BCUT2D eigenvalue weighted by Gasteiger charge is 2.45. The first-order valence-corrected chi connectivity index (χ1v) is 16.0. The van der Waals surface area contributed by atoms with Crippen molar-refractivity contribution in [2.45, 2.75) is 103 Å². The molecule has 40 heavy (non-hydrogen) atoms. The predicted molar refractivity (Wildman–Crippen MR) is 166 cm³/mol. The smallest absolute Gasteiger partial charge is 0.295 e. The van der Waals surface area contributed by atoms with Crippen LogP contribution in [0.2, 0.25) is 0 Å². The van der Waals surface area contributed by atoms with E-state index in [1.807, 2.05) is 24.3 Å². The molecule has 1 amide bonds. The number of unbranched alkanes of at least 4 members (excludes halogenated alkanes) is 13. The summed E-state index contributed by atoms with van der Waals surface area (Å²) in [6.45, 7) is 2.75. The molecule has 3 rings (SSSR count). The lowest BCUT2D eigenvalue weighted by atomic mass is 9.95. The standard InChI is InChI=1S/C34H46BrNO4/c1-3-4-5-6-7-8-9-10-11-12-13-14-15-16-25-36-31(26-17-21-28(35)22-18-26)30(33(38)34(36)39)32(37)27-19-23-29(40-2)24-20-27/h17-24,31,37H,3-16,25H2,1-2H3/b32-30+. The Morgan fingerprint density at radius 2 is 1.27 bits per heavy atom. The molecule has 0 spiro atoms. The second kappa shape index (κ2) is 17.3. The minimum atomic E-state index is -0.633. The molecule has 2 aromatic rings. The van der Waals surface area contributed by atoms with E-state index in [4.69, 9.17) is 4.74 Å². The zero-order valence-corrected chi connectivity index (χ0v) is 25.9. The number of ether oxygens (including phenoxy) is 1. The van der Waals surface area contributed by atoms with E-state index in [0.29, 0.717) is 17.9 Å². The molecule has 1 saturated heterocycles. The zero-order valence-electron chi connectivity index (χ0n) is 24.3. The Morgan fingerprint density at radius 3 is 1.77 bits per heavy atom. The van der Waals surface area contributed by atoms with Crippen LogP contribution < -0.4 is 4.74 Å². The molecule has 1 fully saturated rings. The fraction of sp³-hybridized carbons (Fsp3) is 0.529. The third-order valence-corrected chi connectivity index (χ3v) is 8.37. The molecule has 1 N–H and O–H groups in total. The van der Waals surface area contributed by atoms with Gasteiger partial charge in [0.15, 0.2) is 0 Å². The van der Waals surface area contributed by atoms with Crippen LogP contribution in [-0.2, 0) is 9.59 Å². The van der Waals surface area contributed by atoms with Crippen LogP contribution >= 0.6 is 15.9 Å². The summed E-state index contributed by atoms with van der Waals surface area (Å²) < 4.78 is 6.13. The van der Waals surface area contributed by atoms with Gasteiger partial charge in [0, 0.05) is 16.6 Å². The van der Waals surface area contributed by atoms with Gasteiger partial charge >= 0.3 is 0 Å². The second-order valence-corrected chi connectivity index (χ2v) is 11.8. The van der Waals surface area contributed by atoms with Gasteiger partial charge in [0.2, 0.25) is 0 Å². The normalized spacial score (nSPS) is 16.6. The lowest BCUT2D eigenvalue weighted by Crippen LogP contribution is -2.30. The number of aliphatic hydroxyl groups excluding tert-OH is 1. The average Bonchev–Trinajstić information content (AvgIpc) is 3.22. The number of benzene rings is 2. The molecule has 1 aliphatic heterocycles. The van der Waals surface area contributed by atoms with Crippen LogP contribution in [0.1, 0.15) is 114 Å². The summed E-state index contributed by atoms with van der Waals surface area (Å²) in [5.41, 5.74) is 1.43. The van der Waals surface area contributed by atoms with Gasteiger partial charge in [-0.2, -0.15) is 0 Å². The highest BCUT2D eigenvalue weighted by molar-refractivity contribution is 9.10. The minimum absolute atomic E-state index is 0.142. The molecule has 0 aliphatic carbocycles. The van der Waals surface area contributed by atoms with Gasteiger partial charge in [-0.15, -0.1) is 0 Å². The molecule has 218 valence electrons. The molecule has 0 bridgehead atoms.